The predicted molar refractivity (Wildman–Crippen MR) is 66.2 cm³/mol. The van der Waals surface area contributed by atoms with Gasteiger partial charge in [0.25, 0.3) is 0 Å². The average molecular weight is 231 g/mol. The first-order chi connectivity index (χ1) is 7.58. The lowest BCUT2D eigenvalue weighted by Crippen LogP contribution is -2.04. The molecule has 16 heavy (non-hydrogen) atoms. The average Bonchev–Trinajstić information content (AvgIpc) is 2.67. The number of ketones is 1. The third kappa shape index (κ3) is 2.04. The fourth-order valence-corrected chi connectivity index (χ4v) is 2.18. The Morgan fingerprint density at radius 3 is 2.62 bits per heavy atom. The lowest BCUT2D eigenvalue weighted by Gasteiger charge is -2.03. The number of aromatic nitrogens is 1. The van der Waals surface area contributed by atoms with Crippen LogP contribution in [0.2, 0.25) is 0 Å². The van der Waals surface area contributed by atoms with Crippen molar-refractivity contribution >= 4 is 17.1 Å². The zero-order valence-electron chi connectivity index (χ0n) is 9.57. The van der Waals surface area contributed by atoms with Gasteiger partial charge in [0.05, 0.1) is 5.01 Å². The molecule has 0 fully saturated rings. The summed E-state index contributed by atoms with van der Waals surface area (Å²) in [5.41, 5.74) is 3.41. The Morgan fingerprint density at radius 1 is 1.25 bits per heavy atom. The fraction of sp³-hybridized carbons (Fsp3) is 0.231. The van der Waals surface area contributed by atoms with E-state index in [1.54, 1.807) is 0 Å². The number of hydrogen-bond acceptors (Lipinski definition) is 3. The second-order valence-electron chi connectivity index (χ2n) is 3.90. The molecule has 0 radical (unpaired) electrons. The van der Waals surface area contributed by atoms with Crippen LogP contribution < -0.4 is 0 Å². The molecular formula is C13H13NOS. The van der Waals surface area contributed by atoms with Crippen LogP contribution in [-0.4, -0.2) is 10.8 Å². The van der Waals surface area contributed by atoms with Crippen molar-refractivity contribution < 1.29 is 4.79 Å². The van der Waals surface area contributed by atoms with Gasteiger partial charge in [0, 0.05) is 10.9 Å². The summed E-state index contributed by atoms with van der Waals surface area (Å²) in [6.07, 6.45) is 0. The quantitative estimate of drug-likeness (QED) is 0.742. The SMILES string of the molecule is Cc1ccc(C)c(C(=O)c2csc(C)n2)c1. The standard InChI is InChI=1S/C13H13NOS/c1-8-4-5-9(2)11(6-8)13(15)12-7-16-10(3)14-12/h4-7H,1-3H3. The van der Waals surface area contributed by atoms with Crippen molar-refractivity contribution in [3.05, 3.63) is 51.0 Å². The number of benzene rings is 1. The van der Waals surface area contributed by atoms with Gasteiger partial charge in [0.15, 0.2) is 0 Å². The minimum atomic E-state index is 0.0190. The van der Waals surface area contributed by atoms with Crippen LogP contribution in [0.3, 0.4) is 0 Å². The minimum Gasteiger partial charge on any atom is -0.287 e. The molecule has 0 aliphatic heterocycles. The molecular weight excluding hydrogens is 218 g/mol. The van der Waals surface area contributed by atoms with E-state index < -0.39 is 0 Å². The van der Waals surface area contributed by atoms with Crippen LogP contribution in [0.15, 0.2) is 23.6 Å². The van der Waals surface area contributed by atoms with Crippen LogP contribution >= 0.6 is 11.3 Å². The van der Waals surface area contributed by atoms with Gasteiger partial charge >= 0.3 is 0 Å². The molecule has 0 bridgehead atoms. The van der Waals surface area contributed by atoms with Gasteiger partial charge in [-0.1, -0.05) is 17.7 Å². The lowest BCUT2D eigenvalue weighted by molar-refractivity contribution is 0.103. The second-order valence-corrected chi connectivity index (χ2v) is 4.96. The van der Waals surface area contributed by atoms with E-state index in [9.17, 15) is 4.79 Å². The van der Waals surface area contributed by atoms with Crippen molar-refractivity contribution in [3.8, 4) is 0 Å². The van der Waals surface area contributed by atoms with E-state index in [1.807, 2.05) is 44.4 Å². The summed E-state index contributed by atoms with van der Waals surface area (Å²) < 4.78 is 0. The zero-order chi connectivity index (χ0) is 11.7. The summed E-state index contributed by atoms with van der Waals surface area (Å²) in [6.45, 7) is 5.85. The monoisotopic (exact) mass is 231 g/mol. The number of aryl methyl sites for hydroxylation is 3. The maximum Gasteiger partial charge on any atom is 0.212 e. The summed E-state index contributed by atoms with van der Waals surface area (Å²) in [4.78, 5) is 16.4. The van der Waals surface area contributed by atoms with Crippen LogP contribution in [0.1, 0.15) is 32.2 Å². The Hall–Kier alpha value is -1.48. The van der Waals surface area contributed by atoms with Crippen molar-refractivity contribution in [2.45, 2.75) is 20.8 Å². The highest BCUT2D eigenvalue weighted by Gasteiger charge is 2.14. The second kappa shape index (κ2) is 4.18. The fourth-order valence-electron chi connectivity index (χ4n) is 1.59. The van der Waals surface area contributed by atoms with Gasteiger partial charge in [-0.3, -0.25) is 4.79 Å². The minimum absolute atomic E-state index is 0.0190. The number of thiazole rings is 1. The van der Waals surface area contributed by atoms with Crippen molar-refractivity contribution in [2.75, 3.05) is 0 Å². The Kier molecular flexibility index (Phi) is 2.88. The van der Waals surface area contributed by atoms with Crippen molar-refractivity contribution in [1.82, 2.24) is 4.98 Å². The topological polar surface area (TPSA) is 30.0 Å². The van der Waals surface area contributed by atoms with Gasteiger partial charge in [-0.05, 0) is 32.4 Å². The lowest BCUT2D eigenvalue weighted by atomic mass is 10.0. The Morgan fingerprint density at radius 2 is 2.00 bits per heavy atom. The van der Waals surface area contributed by atoms with E-state index >= 15 is 0 Å². The normalized spacial score (nSPS) is 10.4. The zero-order valence-corrected chi connectivity index (χ0v) is 10.4. The molecule has 0 aliphatic rings. The molecule has 82 valence electrons. The third-order valence-electron chi connectivity index (χ3n) is 2.49. The Bertz CT molecular complexity index is 543. The van der Waals surface area contributed by atoms with Crippen molar-refractivity contribution in [3.63, 3.8) is 0 Å². The Balaban J connectivity index is 2.45. The summed E-state index contributed by atoms with van der Waals surface area (Å²) in [5, 5.41) is 2.74. The molecule has 0 atom stereocenters. The van der Waals surface area contributed by atoms with Crippen molar-refractivity contribution in [1.29, 1.82) is 0 Å². The van der Waals surface area contributed by atoms with E-state index in [0.717, 1.165) is 21.7 Å². The molecule has 2 rings (SSSR count). The van der Waals surface area contributed by atoms with Gasteiger partial charge < -0.3 is 0 Å². The molecule has 1 heterocycles. The smallest absolute Gasteiger partial charge is 0.212 e. The van der Waals surface area contributed by atoms with E-state index in [4.69, 9.17) is 0 Å². The van der Waals surface area contributed by atoms with Gasteiger partial charge in [0.1, 0.15) is 5.69 Å². The Labute approximate surface area is 99.0 Å². The molecule has 0 saturated heterocycles. The van der Waals surface area contributed by atoms with Crippen molar-refractivity contribution in [2.24, 2.45) is 0 Å². The highest BCUT2D eigenvalue weighted by atomic mass is 32.1. The van der Waals surface area contributed by atoms with Crippen LogP contribution in [0.25, 0.3) is 0 Å². The molecule has 2 nitrogen and oxygen atoms in total. The number of rotatable bonds is 2. The first kappa shape index (κ1) is 11.0. The molecule has 1 aromatic heterocycles. The van der Waals surface area contributed by atoms with Gasteiger partial charge in [0.2, 0.25) is 5.78 Å². The molecule has 0 saturated carbocycles. The van der Waals surface area contributed by atoms with E-state index in [0.29, 0.717) is 5.69 Å². The largest absolute Gasteiger partial charge is 0.287 e. The van der Waals surface area contributed by atoms with Gasteiger partial charge in [-0.15, -0.1) is 11.3 Å². The number of carbonyl (C=O) groups is 1. The first-order valence-corrected chi connectivity index (χ1v) is 6.00. The van der Waals surface area contributed by atoms with Gasteiger partial charge in [-0.2, -0.15) is 0 Å². The maximum atomic E-state index is 12.2. The molecule has 0 N–H and O–H groups in total. The molecule has 0 unspecified atom stereocenters. The highest BCUT2D eigenvalue weighted by Crippen LogP contribution is 2.17. The molecule has 2 aromatic rings. The molecule has 0 spiro atoms. The van der Waals surface area contributed by atoms with Crippen LogP contribution in [0.4, 0.5) is 0 Å². The summed E-state index contributed by atoms with van der Waals surface area (Å²) >= 11 is 1.51. The summed E-state index contributed by atoms with van der Waals surface area (Å²) in [7, 11) is 0. The number of hydrogen-bond donors (Lipinski definition) is 0. The molecule has 0 amide bonds. The maximum absolute atomic E-state index is 12.2. The first-order valence-electron chi connectivity index (χ1n) is 5.12. The number of carbonyl (C=O) groups excluding carboxylic acids is 1. The van der Waals surface area contributed by atoms with Crippen LogP contribution in [0.5, 0.6) is 0 Å². The predicted octanol–water partition coefficient (Wildman–Crippen LogP) is 3.30. The summed E-state index contributed by atoms with van der Waals surface area (Å²) in [6, 6.07) is 5.91. The third-order valence-corrected chi connectivity index (χ3v) is 3.26. The van der Waals surface area contributed by atoms with E-state index in [2.05, 4.69) is 4.98 Å². The molecule has 0 aliphatic carbocycles. The highest BCUT2D eigenvalue weighted by molar-refractivity contribution is 7.09. The van der Waals surface area contributed by atoms with Crippen LogP contribution in [0, 0.1) is 20.8 Å². The van der Waals surface area contributed by atoms with Gasteiger partial charge in [-0.25, -0.2) is 4.98 Å². The van der Waals surface area contributed by atoms with E-state index in [1.165, 1.54) is 11.3 Å². The molecule has 3 heteroatoms. The summed E-state index contributed by atoms with van der Waals surface area (Å²) in [5.74, 6) is 0.0190. The molecule has 1 aromatic carbocycles. The van der Waals surface area contributed by atoms with Crippen LogP contribution in [-0.2, 0) is 0 Å². The van der Waals surface area contributed by atoms with E-state index in [-0.39, 0.29) is 5.78 Å². The number of nitrogens with zero attached hydrogens (tertiary/aromatic N) is 1.